The van der Waals surface area contributed by atoms with Crippen LogP contribution in [0.5, 0.6) is 5.75 Å². The molecule has 0 aliphatic carbocycles. The summed E-state index contributed by atoms with van der Waals surface area (Å²) in [5, 5.41) is 3.02. The van der Waals surface area contributed by atoms with E-state index in [1.54, 1.807) is 13.2 Å². The van der Waals surface area contributed by atoms with Crippen molar-refractivity contribution < 1.29 is 13.9 Å². The Kier molecular flexibility index (Phi) is 6.65. The fourth-order valence-electron chi connectivity index (χ4n) is 3.48. The number of hydrogen-bond donors (Lipinski definition) is 1. The van der Waals surface area contributed by atoms with E-state index in [4.69, 9.17) is 4.74 Å². The molecule has 0 atom stereocenters. The number of aryl methyl sites for hydroxylation is 2. The molecule has 150 valence electrons. The van der Waals surface area contributed by atoms with Gasteiger partial charge in [0.1, 0.15) is 11.6 Å². The average Bonchev–Trinajstić information content (AvgIpc) is 2.66. The summed E-state index contributed by atoms with van der Waals surface area (Å²) < 4.78 is 18.9. The molecule has 0 bridgehead atoms. The minimum Gasteiger partial charge on any atom is -0.496 e. The van der Waals surface area contributed by atoms with E-state index in [2.05, 4.69) is 15.1 Å². The third-order valence-electron chi connectivity index (χ3n) is 5.14. The molecule has 1 fully saturated rings. The van der Waals surface area contributed by atoms with Gasteiger partial charge in [0, 0.05) is 44.0 Å². The average molecular weight is 385 g/mol. The summed E-state index contributed by atoms with van der Waals surface area (Å²) in [6, 6.07) is 10.7. The molecule has 2 aromatic carbocycles. The minimum atomic E-state index is -0.252. The van der Waals surface area contributed by atoms with Crippen LogP contribution in [0.1, 0.15) is 16.7 Å². The predicted molar refractivity (Wildman–Crippen MR) is 109 cm³/mol. The molecule has 1 heterocycles. The summed E-state index contributed by atoms with van der Waals surface area (Å²) >= 11 is 0. The Bertz CT molecular complexity index is 833. The predicted octanol–water partition coefficient (Wildman–Crippen LogP) is 3.21. The van der Waals surface area contributed by atoms with Crippen LogP contribution in [0.25, 0.3) is 0 Å². The molecule has 2 aromatic rings. The van der Waals surface area contributed by atoms with Gasteiger partial charge in [-0.3, -0.25) is 14.6 Å². The highest BCUT2D eigenvalue weighted by Gasteiger charge is 2.20. The first-order valence-corrected chi connectivity index (χ1v) is 9.59. The third-order valence-corrected chi connectivity index (χ3v) is 5.14. The first kappa shape index (κ1) is 20.3. The molecule has 28 heavy (non-hydrogen) atoms. The van der Waals surface area contributed by atoms with E-state index in [1.165, 1.54) is 12.1 Å². The van der Waals surface area contributed by atoms with Crippen LogP contribution in [-0.4, -0.2) is 55.5 Å². The topological polar surface area (TPSA) is 44.8 Å². The van der Waals surface area contributed by atoms with Crippen molar-refractivity contribution in [2.45, 2.75) is 20.4 Å². The maximum Gasteiger partial charge on any atom is 0.238 e. The molecule has 6 heteroatoms. The van der Waals surface area contributed by atoms with Crippen LogP contribution in [0.2, 0.25) is 0 Å². The number of carbonyl (C=O) groups is 1. The highest BCUT2D eigenvalue weighted by Crippen LogP contribution is 2.22. The second kappa shape index (κ2) is 9.17. The number of carbonyl (C=O) groups excluding carboxylic acids is 1. The Balaban J connectivity index is 1.49. The summed E-state index contributed by atoms with van der Waals surface area (Å²) in [5.74, 6) is 0.461. The molecule has 0 radical (unpaired) electrons. The molecule has 0 unspecified atom stereocenters. The lowest BCUT2D eigenvalue weighted by Crippen LogP contribution is -2.48. The number of benzene rings is 2. The molecule has 3 rings (SSSR count). The van der Waals surface area contributed by atoms with Crippen LogP contribution in [0, 0.1) is 19.7 Å². The van der Waals surface area contributed by atoms with E-state index in [9.17, 15) is 9.18 Å². The van der Waals surface area contributed by atoms with Crippen molar-refractivity contribution in [2.75, 3.05) is 45.2 Å². The zero-order chi connectivity index (χ0) is 20.1. The Labute approximate surface area is 166 Å². The number of ether oxygens (including phenoxy) is 1. The largest absolute Gasteiger partial charge is 0.496 e. The lowest BCUT2D eigenvalue weighted by atomic mass is 10.1. The van der Waals surface area contributed by atoms with Crippen LogP contribution < -0.4 is 10.1 Å². The van der Waals surface area contributed by atoms with E-state index in [0.717, 1.165) is 48.6 Å². The molecule has 0 aromatic heterocycles. The number of anilines is 1. The SMILES string of the molecule is COc1ccc(F)cc1CN1CCN(CC(=O)Nc2cc(C)ccc2C)CC1. The fraction of sp³-hybridized carbons (Fsp3) is 0.409. The monoisotopic (exact) mass is 385 g/mol. The van der Waals surface area contributed by atoms with E-state index in [0.29, 0.717) is 18.8 Å². The van der Waals surface area contributed by atoms with Gasteiger partial charge in [-0.05, 0) is 49.2 Å². The van der Waals surface area contributed by atoms with Gasteiger partial charge in [0.2, 0.25) is 5.91 Å². The first-order chi connectivity index (χ1) is 13.4. The molecular formula is C22H28FN3O2. The van der Waals surface area contributed by atoms with Gasteiger partial charge in [-0.15, -0.1) is 0 Å². The summed E-state index contributed by atoms with van der Waals surface area (Å²) in [6.07, 6.45) is 0. The number of nitrogens with one attached hydrogen (secondary N) is 1. The third kappa shape index (κ3) is 5.30. The normalized spacial score (nSPS) is 15.4. The maximum atomic E-state index is 13.5. The molecule has 1 N–H and O–H groups in total. The Morgan fingerprint density at radius 1 is 1.07 bits per heavy atom. The molecule has 0 spiro atoms. The number of nitrogens with zero attached hydrogens (tertiary/aromatic N) is 2. The summed E-state index contributed by atoms with van der Waals surface area (Å²) in [6.45, 7) is 8.30. The zero-order valence-electron chi connectivity index (χ0n) is 16.8. The minimum absolute atomic E-state index is 0.00829. The lowest BCUT2D eigenvalue weighted by Gasteiger charge is -2.34. The van der Waals surface area contributed by atoms with E-state index in [1.807, 2.05) is 32.0 Å². The standard InChI is InChI=1S/C22H28FN3O2/c1-16-4-5-17(2)20(12-16)24-22(27)15-26-10-8-25(9-11-26)14-18-13-19(23)6-7-21(18)28-3/h4-7,12-13H,8-11,14-15H2,1-3H3,(H,24,27). The quantitative estimate of drug-likeness (QED) is 0.829. The molecule has 1 aliphatic rings. The number of rotatable bonds is 6. The highest BCUT2D eigenvalue weighted by molar-refractivity contribution is 5.93. The Hall–Kier alpha value is -2.44. The number of halogens is 1. The Morgan fingerprint density at radius 3 is 2.50 bits per heavy atom. The van der Waals surface area contributed by atoms with Gasteiger partial charge in [0.15, 0.2) is 0 Å². The zero-order valence-corrected chi connectivity index (χ0v) is 16.8. The van der Waals surface area contributed by atoms with E-state index >= 15 is 0 Å². The fourth-order valence-corrected chi connectivity index (χ4v) is 3.48. The van der Waals surface area contributed by atoms with Crippen LogP contribution in [-0.2, 0) is 11.3 Å². The van der Waals surface area contributed by atoms with Gasteiger partial charge < -0.3 is 10.1 Å². The second-order valence-corrected chi connectivity index (χ2v) is 7.38. The van der Waals surface area contributed by atoms with Gasteiger partial charge in [-0.2, -0.15) is 0 Å². The Morgan fingerprint density at radius 2 is 1.79 bits per heavy atom. The van der Waals surface area contributed by atoms with Crippen molar-refractivity contribution >= 4 is 11.6 Å². The molecule has 0 saturated carbocycles. The number of amides is 1. The van der Waals surface area contributed by atoms with Crippen LogP contribution in [0.15, 0.2) is 36.4 Å². The van der Waals surface area contributed by atoms with Crippen molar-refractivity contribution in [3.05, 3.63) is 58.9 Å². The highest BCUT2D eigenvalue weighted by atomic mass is 19.1. The van der Waals surface area contributed by atoms with Crippen LogP contribution in [0.3, 0.4) is 0 Å². The number of hydrogen-bond acceptors (Lipinski definition) is 4. The smallest absolute Gasteiger partial charge is 0.238 e. The summed E-state index contributed by atoms with van der Waals surface area (Å²) in [5.41, 5.74) is 3.92. The molecular weight excluding hydrogens is 357 g/mol. The van der Waals surface area contributed by atoms with Gasteiger partial charge >= 0.3 is 0 Å². The first-order valence-electron chi connectivity index (χ1n) is 9.59. The van der Waals surface area contributed by atoms with Gasteiger partial charge in [-0.25, -0.2) is 4.39 Å². The molecule has 1 amide bonds. The van der Waals surface area contributed by atoms with Gasteiger partial charge in [0.05, 0.1) is 13.7 Å². The number of methoxy groups -OCH3 is 1. The van der Waals surface area contributed by atoms with Crippen molar-refractivity contribution in [1.82, 2.24) is 9.80 Å². The molecule has 1 saturated heterocycles. The molecule has 1 aliphatic heterocycles. The van der Waals surface area contributed by atoms with Gasteiger partial charge in [0.25, 0.3) is 0 Å². The van der Waals surface area contributed by atoms with E-state index < -0.39 is 0 Å². The lowest BCUT2D eigenvalue weighted by molar-refractivity contribution is -0.117. The maximum absolute atomic E-state index is 13.5. The second-order valence-electron chi connectivity index (χ2n) is 7.38. The summed E-state index contributed by atoms with van der Waals surface area (Å²) in [4.78, 5) is 16.8. The van der Waals surface area contributed by atoms with Crippen LogP contribution >= 0.6 is 0 Å². The van der Waals surface area contributed by atoms with Crippen LogP contribution in [0.4, 0.5) is 10.1 Å². The van der Waals surface area contributed by atoms with Gasteiger partial charge in [-0.1, -0.05) is 12.1 Å². The van der Waals surface area contributed by atoms with Crippen molar-refractivity contribution in [3.63, 3.8) is 0 Å². The molecule has 5 nitrogen and oxygen atoms in total. The van der Waals surface area contributed by atoms with Crippen molar-refractivity contribution in [2.24, 2.45) is 0 Å². The van der Waals surface area contributed by atoms with E-state index in [-0.39, 0.29) is 11.7 Å². The van der Waals surface area contributed by atoms with Crippen molar-refractivity contribution in [1.29, 1.82) is 0 Å². The number of piperazine rings is 1. The van der Waals surface area contributed by atoms with Crippen molar-refractivity contribution in [3.8, 4) is 5.75 Å². The summed E-state index contributed by atoms with van der Waals surface area (Å²) in [7, 11) is 1.60.